The number of cyclic esters (lactones) is 2. The van der Waals surface area contributed by atoms with Crippen molar-refractivity contribution < 1.29 is 14.3 Å². The van der Waals surface area contributed by atoms with E-state index in [0.717, 1.165) is 10.2 Å². The Morgan fingerprint density at radius 3 is 3.00 bits per heavy atom. The molecule has 0 bridgehead atoms. The van der Waals surface area contributed by atoms with Gasteiger partial charge in [0.15, 0.2) is 5.69 Å². The first-order valence-electron chi connectivity index (χ1n) is 3.90. The molecule has 2 aromatic rings. The van der Waals surface area contributed by atoms with E-state index < -0.39 is 11.9 Å². The molecule has 0 unspecified atom stereocenters. The Bertz CT molecular complexity index is 524. The Morgan fingerprint density at radius 2 is 2.14 bits per heavy atom. The molecule has 0 atom stereocenters. The van der Waals surface area contributed by atoms with Gasteiger partial charge in [-0.3, -0.25) is 0 Å². The highest BCUT2D eigenvalue weighted by atomic mass is 32.1. The van der Waals surface area contributed by atoms with Crippen LogP contribution in [0.25, 0.3) is 10.2 Å². The van der Waals surface area contributed by atoms with E-state index in [2.05, 4.69) is 9.72 Å². The third-order valence-electron chi connectivity index (χ3n) is 2.03. The van der Waals surface area contributed by atoms with Gasteiger partial charge in [-0.1, -0.05) is 0 Å². The highest BCUT2D eigenvalue weighted by Crippen LogP contribution is 2.26. The number of hydrogen-bond acceptors (Lipinski definition) is 5. The molecule has 0 fully saturated rings. The molecule has 0 spiro atoms. The fourth-order valence-corrected chi connectivity index (χ4v) is 2.16. The lowest BCUT2D eigenvalue weighted by Crippen LogP contribution is -1.97. The highest BCUT2D eigenvalue weighted by Gasteiger charge is 2.31. The molecule has 0 N–H and O–H groups in total. The van der Waals surface area contributed by atoms with Gasteiger partial charge in [0.2, 0.25) is 0 Å². The molecular formula is C9H3NO3S. The quantitative estimate of drug-likeness (QED) is 0.484. The van der Waals surface area contributed by atoms with Crippen LogP contribution in [0.1, 0.15) is 20.8 Å². The van der Waals surface area contributed by atoms with Crippen molar-refractivity contribution in [1.29, 1.82) is 0 Å². The van der Waals surface area contributed by atoms with Gasteiger partial charge in [0, 0.05) is 0 Å². The van der Waals surface area contributed by atoms with Gasteiger partial charge in [-0.25, -0.2) is 14.6 Å². The monoisotopic (exact) mass is 205 g/mol. The Balaban J connectivity index is 2.43. The number of carbonyl (C=O) groups is 2. The highest BCUT2D eigenvalue weighted by molar-refractivity contribution is 7.17. The number of fused-ring (bicyclic) bond motifs is 2. The van der Waals surface area contributed by atoms with Crippen LogP contribution in [0.5, 0.6) is 0 Å². The molecule has 1 aliphatic rings. The SMILES string of the molecule is O=C1OC(=O)c2nc3ccsc3cc21. The molecule has 0 aliphatic carbocycles. The van der Waals surface area contributed by atoms with Crippen LogP contribution >= 0.6 is 11.3 Å². The number of rotatable bonds is 0. The maximum atomic E-state index is 11.2. The summed E-state index contributed by atoms with van der Waals surface area (Å²) in [6.07, 6.45) is 0. The molecule has 5 heteroatoms. The number of ether oxygens (including phenoxy) is 1. The molecule has 3 rings (SSSR count). The van der Waals surface area contributed by atoms with Gasteiger partial charge in [-0.05, 0) is 17.5 Å². The smallest absolute Gasteiger partial charge is 0.365 e. The summed E-state index contributed by atoms with van der Waals surface area (Å²) in [5, 5.41) is 1.86. The van der Waals surface area contributed by atoms with E-state index in [1.807, 2.05) is 5.38 Å². The zero-order chi connectivity index (χ0) is 9.71. The summed E-state index contributed by atoms with van der Waals surface area (Å²) in [5.74, 6) is -1.26. The van der Waals surface area contributed by atoms with Crippen LogP contribution in [-0.4, -0.2) is 16.9 Å². The lowest BCUT2D eigenvalue weighted by Gasteiger charge is -1.91. The summed E-state index contributed by atoms with van der Waals surface area (Å²) in [6.45, 7) is 0. The molecule has 0 radical (unpaired) electrons. The minimum absolute atomic E-state index is 0.126. The molecule has 3 heterocycles. The molecular weight excluding hydrogens is 202 g/mol. The van der Waals surface area contributed by atoms with E-state index in [4.69, 9.17) is 0 Å². The zero-order valence-corrected chi connectivity index (χ0v) is 7.63. The number of pyridine rings is 1. The zero-order valence-electron chi connectivity index (χ0n) is 6.81. The molecule has 1 aliphatic heterocycles. The van der Waals surface area contributed by atoms with Crippen molar-refractivity contribution in [1.82, 2.24) is 4.98 Å². The van der Waals surface area contributed by atoms with Crippen LogP contribution < -0.4 is 0 Å². The third-order valence-corrected chi connectivity index (χ3v) is 2.89. The van der Waals surface area contributed by atoms with E-state index in [1.165, 1.54) is 11.3 Å². The first-order valence-corrected chi connectivity index (χ1v) is 4.78. The predicted octanol–water partition coefficient (Wildman–Crippen LogP) is 1.61. The summed E-state index contributed by atoms with van der Waals surface area (Å²) in [6, 6.07) is 3.45. The number of carbonyl (C=O) groups excluding carboxylic acids is 2. The topological polar surface area (TPSA) is 56.3 Å². The average molecular weight is 205 g/mol. The normalized spacial score (nSPS) is 14.6. The number of esters is 2. The standard InChI is InChI=1S/C9H3NO3S/c11-8-4-3-6-5(1-2-14-6)10-7(4)9(12)13-8/h1-3H. The van der Waals surface area contributed by atoms with Crippen LogP contribution in [0.4, 0.5) is 0 Å². The van der Waals surface area contributed by atoms with Gasteiger partial charge in [0.25, 0.3) is 0 Å². The van der Waals surface area contributed by atoms with Gasteiger partial charge in [0.1, 0.15) is 0 Å². The predicted molar refractivity (Wildman–Crippen MR) is 49.4 cm³/mol. The van der Waals surface area contributed by atoms with Crippen molar-refractivity contribution in [2.24, 2.45) is 0 Å². The van der Waals surface area contributed by atoms with E-state index in [9.17, 15) is 9.59 Å². The molecule has 0 saturated heterocycles. The Hall–Kier alpha value is -1.75. The Labute approximate surface area is 82.1 Å². The minimum Gasteiger partial charge on any atom is -0.384 e. The van der Waals surface area contributed by atoms with Crippen molar-refractivity contribution in [2.75, 3.05) is 0 Å². The van der Waals surface area contributed by atoms with Gasteiger partial charge in [0.05, 0.1) is 15.8 Å². The molecule has 0 saturated carbocycles. The molecule has 68 valence electrons. The maximum Gasteiger partial charge on any atom is 0.365 e. The van der Waals surface area contributed by atoms with Gasteiger partial charge in [-0.2, -0.15) is 0 Å². The minimum atomic E-state index is -0.655. The fourth-order valence-electron chi connectivity index (χ4n) is 1.39. The summed E-state index contributed by atoms with van der Waals surface area (Å²) >= 11 is 1.48. The number of aromatic nitrogens is 1. The molecule has 0 aromatic carbocycles. The number of thiophene rings is 1. The second kappa shape index (κ2) is 2.39. The molecule has 2 aromatic heterocycles. The van der Waals surface area contributed by atoms with Crippen molar-refractivity contribution in [2.45, 2.75) is 0 Å². The van der Waals surface area contributed by atoms with Crippen molar-refractivity contribution in [3.05, 3.63) is 28.8 Å². The van der Waals surface area contributed by atoms with Crippen LogP contribution in [0.2, 0.25) is 0 Å². The van der Waals surface area contributed by atoms with Crippen LogP contribution in [0, 0.1) is 0 Å². The van der Waals surface area contributed by atoms with Crippen molar-refractivity contribution in [3.63, 3.8) is 0 Å². The molecule has 4 nitrogen and oxygen atoms in total. The number of hydrogen-bond donors (Lipinski definition) is 0. The van der Waals surface area contributed by atoms with E-state index >= 15 is 0 Å². The van der Waals surface area contributed by atoms with Crippen molar-refractivity contribution >= 4 is 33.5 Å². The third kappa shape index (κ3) is 0.843. The average Bonchev–Trinajstić information content (AvgIpc) is 2.70. The second-order valence-electron chi connectivity index (χ2n) is 2.87. The molecule has 14 heavy (non-hydrogen) atoms. The van der Waals surface area contributed by atoms with Gasteiger partial charge >= 0.3 is 11.9 Å². The van der Waals surface area contributed by atoms with Gasteiger partial charge < -0.3 is 4.74 Å². The first kappa shape index (κ1) is 7.64. The Kier molecular flexibility index (Phi) is 1.30. The summed E-state index contributed by atoms with van der Waals surface area (Å²) in [5.41, 5.74) is 1.12. The maximum absolute atomic E-state index is 11.2. The second-order valence-corrected chi connectivity index (χ2v) is 3.81. The molecule has 0 amide bonds. The largest absolute Gasteiger partial charge is 0.384 e. The van der Waals surface area contributed by atoms with Crippen LogP contribution in [0.3, 0.4) is 0 Å². The van der Waals surface area contributed by atoms with E-state index in [1.54, 1.807) is 12.1 Å². The Morgan fingerprint density at radius 1 is 1.29 bits per heavy atom. The van der Waals surface area contributed by atoms with Gasteiger partial charge in [-0.15, -0.1) is 11.3 Å². The summed E-state index contributed by atoms with van der Waals surface area (Å²) in [7, 11) is 0. The first-order chi connectivity index (χ1) is 6.75. The van der Waals surface area contributed by atoms with Crippen LogP contribution in [0.15, 0.2) is 17.5 Å². The lowest BCUT2D eigenvalue weighted by molar-refractivity contribution is 0.0441. The summed E-state index contributed by atoms with van der Waals surface area (Å²) < 4.78 is 5.32. The van der Waals surface area contributed by atoms with Crippen LogP contribution in [-0.2, 0) is 4.74 Å². The number of nitrogens with zero attached hydrogens (tertiary/aromatic N) is 1. The van der Waals surface area contributed by atoms with E-state index in [0.29, 0.717) is 0 Å². The van der Waals surface area contributed by atoms with E-state index in [-0.39, 0.29) is 11.3 Å². The lowest BCUT2D eigenvalue weighted by atomic mass is 10.2. The van der Waals surface area contributed by atoms with Crippen molar-refractivity contribution in [3.8, 4) is 0 Å². The summed E-state index contributed by atoms with van der Waals surface area (Å²) in [4.78, 5) is 26.4. The fraction of sp³-hybridized carbons (Fsp3) is 0.